The van der Waals surface area contributed by atoms with E-state index >= 15 is 0 Å². The molecule has 0 atom stereocenters. The maximum absolute atomic E-state index is 12.7. The van der Waals surface area contributed by atoms with Crippen LogP contribution in [0.2, 0.25) is 0 Å². The fourth-order valence-corrected chi connectivity index (χ4v) is 3.17. The standard InChI is InChI=1S/C21H25NO5/c1-3-26-19-6-4-5-7-20(19)27-15-10-12-22(13-11-15)21(24)17-9-8-16(25-2)14-18(17)23/h4-9,14-15,23H,3,10-13H2,1-2H3. The van der Waals surface area contributed by atoms with Gasteiger partial charge in [-0.2, -0.15) is 0 Å². The van der Waals surface area contributed by atoms with Gasteiger partial charge in [0.2, 0.25) is 0 Å². The molecule has 6 nitrogen and oxygen atoms in total. The van der Waals surface area contributed by atoms with Gasteiger partial charge in [-0.1, -0.05) is 12.1 Å². The largest absolute Gasteiger partial charge is 0.507 e. The minimum atomic E-state index is -0.177. The van der Waals surface area contributed by atoms with Crippen molar-refractivity contribution in [2.75, 3.05) is 26.8 Å². The first-order chi connectivity index (χ1) is 13.1. The van der Waals surface area contributed by atoms with Crippen LogP contribution in [0.25, 0.3) is 0 Å². The Labute approximate surface area is 159 Å². The average molecular weight is 371 g/mol. The number of methoxy groups -OCH3 is 1. The van der Waals surface area contributed by atoms with Crippen molar-refractivity contribution in [3.05, 3.63) is 48.0 Å². The van der Waals surface area contributed by atoms with Crippen LogP contribution < -0.4 is 14.2 Å². The first-order valence-corrected chi connectivity index (χ1v) is 9.17. The smallest absolute Gasteiger partial charge is 0.257 e. The third-order valence-electron chi connectivity index (χ3n) is 4.61. The molecule has 0 aliphatic carbocycles. The van der Waals surface area contributed by atoms with Crippen molar-refractivity contribution < 1.29 is 24.1 Å². The highest BCUT2D eigenvalue weighted by Crippen LogP contribution is 2.30. The highest BCUT2D eigenvalue weighted by molar-refractivity contribution is 5.97. The SMILES string of the molecule is CCOc1ccccc1OC1CCN(C(=O)c2ccc(OC)cc2O)CC1. The Balaban J connectivity index is 1.60. The second-order valence-electron chi connectivity index (χ2n) is 6.37. The molecule has 0 spiro atoms. The minimum Gasteiger partial charge on any atom is -0.507 e. The van der Waals surface area contributed by atoms with Gasteiger partial charge in [0.15, 0.2) is 11.5 Å². The Morgan fingerprint density at radius 2 is 1.85 bits per heavy atom. The predicted octanol–water partition coefficient (Wildman–Crippen LogP) is 3.48. The lowest BCUT2D eigenvalue weighted by atomic mass is 10.1. The quantitative estimate of drug-likeness (QED) is 0.842. The van der Waals surface area contributed by atoms with E-state index in [0.717, 1.165) is 24.3 Å². The molecule has 1 heterocycles. The van der Waals surface area contributed by atoms with Gasteiger partial charge in [-0.25, -0.2) is 0 Å². The summed E-state index contributed by atoms with van der Waals surface area (Å²) in [5.74, 6) is 1.74. The fourth-order valence-electron chi connectivity index (χ4n) is 3.17. The Kier molecular flexibility index (Phi) is 6.06. The zero-order valence-electron chi connectivity index (χ0n) is 15.7. The summed E-state index contributed by atoms with van der Waals surface area (Å²) in [6.07, 6.45) is 1.48. The van der Waals surface area contributed by atoms with Gasteiger partial charge in [-0.15, -0.1) is 0 Å². The number of phenolic OH excluding ortho intramolecular Hbond substituents is 1. The molecule has 0 bridgehead atoms. The molecule has 1 aliphatic heterocycles. The predicted molar refractivity (Wildman–Crippen MR) is 102 cm³/mol. The van der Waals surface area contributed by atoms with Crippen molar-refractivity contribution in [3.8, 4) is 23.0 Å². The van der Waals surface area contributed by atoms with E-state index in [1.54, 1.807) is 17.0 Å². The highest BCUT2D eigenvalue weighted by atomic mass is 16.5. The Morgan fingerprint density at radius 3 is 2.48 bits per heavy atom. The monoisotopic (exact) mass is 371 g/mol. The summed E-state index contributed by atoms with van der Waals surface area (Å²) in [6, 6.07) is 12.4. The zero-order valence-corrected chi connectivity index (χ0v) is 15.7. The van der Waals surface area contributed by atoms with E-state index in [-0.39, 0.29) is 23.3 Å². The van der Waals surface area contributed by atoms with Gasteiger partial charge in [0.25, 0.3) is 5.91 Å². The lowest BCUT2D eigenvalue weighted by Crippen LogP contribution is -2.41. The average Bonchev–Trinajstić information content (AvgIpc) is 2.69. The molecule has 27 heavy (non-hydrogen) atoms. The lowest BCUT2D eigenvalue weighted by Gasteiger charge is -2.32. The van der Waals surface area contributed by atoms with Crippen molar-refractivity contribution in [1.29, 1.82) is 0 Å². The van der Waals surface area contributed by atoms with E-state index in [2.05, 4.69) is 0 Å². The molecule has 0 aromatic heterocycles. The van der Waals surface area contributed by atoms with Gasteiger partial charge in [0.05, 0.1) is 19.3 Å². The third kappa shape index (κ3) is 4.45. The van der Waals surface area contributed by atoms with Gasteiger partial charge >= 0.3 is 0 Å². The van der Waals surface area contributed by atoms with Crippen LogP contribution in [0.5, 0.6) is 23.0 Å². The fraction of sp³-hybridized carbons (Fsp3) is 0.381. The summed E-state index contributed by atoms with van der Waals surface area (Å²) < 4.78 is 16.8. The molecule has 1 aliphatic rings. The number of benzene rings is 2. The number of piperidine rings is 1. The van der Waals surface area contributed by atoms with Gasteiger partial charge in [0.1, 0.15) is 17.6 Å². The Bertz CT molecular complexity index is 784. The van der Waals surface area contributed by atoms with Crippen LogP contribution in [-0.2, 0) is 0 Å². The van der Waals surface area contributed by atoms with Crippen molar-refractivity contribution in [2.45, 2.75) is 25.9 Å². The third-order valence-corrected chi connectivity index (χ3v) is 4.61. The molecule has 1 N–H and O–H groups in total. The molecule has 144 valence electrons. The lowest BCUT2D eigenvalue weighted by molar-refractivity contribution is 0.0586. The molecule has 2 aromatic rings. The number of likely N-dealkylation sites (tertiary alicyclic amines) is 1. The molecule has 1 fully saturated rings. The number of ether oxygens (including phenoxy) is 3. The summed E-state index contributed by atoms with van der Waals surface area (Å²) in [5.41, 5.74) is 0.289. The number of rotatable bonds is 6. The van der Waals surface area contributed by atoms with Crippen LogP contribution in [-0.4, -0.2) is 48.8 Å². The van der Waals surface area contributed by atoms with Crippen LogP contribution in [0, 0.1) is 0 Å². The summed E-state index contributed by atoms with van der Waals surface area (Å²) >= 11 is 0. The van der Waals surface area contributed by atoms with Crippen molar-refractivity contribution >= 4 is 5.91 Å². The van der Waals surface area contributed by atoms with E-state index in [1.807, 2.05) is 31.2 Å². The van der Waals surface area contributed by atoms with E-state index in [4.69, 9.17) is 14.2 Å². The first kappa shape index (κ1) is 18.9. The summed E-state index contributed by atoms with van der Waals surface area (Å²) in [5, 5.41) is 10.1. The van der Waals surface area contributed by atoms with Crippen LogP contribution in [0.4, 0.5) is 0 Å². The molecular formula is C21H25NO5. The topological polar surface area (TPSA) is 68.2 Å². The van der Waals surface area contributed by atoms with Gasteiger partial charge < -0.3 is 24.2 Å². The summed E-state index contributed by atoms with van der Waals surface area (Å²) in [6.45, 7) is 3.67. The van der Waals surface area contributed by atoms with E-state index in [0.29, 0.717) is 25.4 Å². The number of amides is 1. The number of para-hydroxylation sites is 2. The van der Waals surface area contributed by atoms with Crippen LogP contribution in [0.15, 0.2) is 42.5 Å². The number of nitrogens with zero attached hydrogens (tertiary/aromatic N) is 1. The van der Waals surface area contributed by atoms with Gasteiger partial charge in [0, 0.05) is 32.0 Å². The normalized spacial score (nSPS) is 14.7. The van der Waals surface area contributed by atoms with Crippen LogP contribution in [0.1, 0.15) is 30.1 Å². The molecule has 6 heteroatoms. The number of hydrogen-bond acceptors (Lipinski definition) is 5. The van der Waals surface area contributed by atoms with E-state index in [1.165, 1.54) is 13.2 Å². The number of phenols is 1. The van der Waals surface area contributed by atoms with Crippen molar-refractivity contribution in [1.82, 2.24) is 4.90 Å². The zero-order chi connectivity index (χ0) is 19.2. The number of carbonyl (C=O) groups excluding carboxylic acids is 1. The number of aromatic hydroxyl groups is 1. The second kappa shape index (κ2) is 8.66. The van der Waals surface area contributed by atoms with Crippen LogP contribution >= 0.6 is 0 Å². The summed E-state index contributed by atoms with van der Waals surface area (Å²) in [4.78, 5) is 14.4. The Hall–Kier alpha value is -2.89. The molecule has 0 radical (unpaired) electrons. The molecule has 0 unspecified atom stereocenters. The molecule has 3 rings (SSSR count). The molecule has 1 saturated heterocycles. The van der Waals surface area contributed by atoms with Crippen LogP contribution in [0.3, 0.4) is 0 Å². The van der Waals surface area contributed by atoms with Gasteiger partial charge in [-0.3, -0.25) is 4.79 Å². The molecular weight excluding hydrogens is 346 g/mol. The maximum Gasteiger partial charge on any atom is 0.257 e. The number of carbonyl (C=O) groups is 1. The van der Waals surface area contributed by atoms with Crippen molar-refractivity contribution in [3.63, 3.8) is 0 Å². The Morgan fingerprint density at radius 1 is 1.15 bits per heavy atom. The minimum absolute atomic E-state index is 0.0279. The first-order valence-electron chi connectivity index (χ1n) is 9.17. The number of hydrogen-bond donors (Lipinski definition) is 1. The summed E-state index contributed by atoms with van der Waals surface area (Å²) in [7, 11) is 1.52. The van der Waals surface area contributed by atoms with Gasteiger partial charge in [-0.05, 0) is 31.2 Å². The molecule has 2 aromatic carbocycles. The molecule has 1 amide bonds. The second-order valence-corrected chi connectivity index (χ2v) is 6.37. The van der Waals surface area contributed by atoms with E-state index < -0.39 is 0 Å². The maximum atomic E-state index is 12.7. The highest BCUT2D eigenvalue weighted by Gasteiger charge is 2.26. The molecule has 0 saturated carbocycles. The van der Waals surface area contributed by atoms with E-state index in [9.17, 15) is 9.90 Å². The van der Waals surface area contributed by atoms with Crippen molar-refractivity contribution in [2.24, 2.45) is 0 Å².